The summed E-state index contributed by atoms with van der Waals surface area (Å²) in [7, 11) is 0. The van der Waals surface area contributed by atoms with Gasteiger partial charge in [-0.2, -0.15) is 0 Å². The van der Waals surface area contributed by atoms with Gasteiger partial charge in [0.2, 0.25) is 0 Å². The van der Waals surface area contributed by atoms with E-state index < -0.39 is 6.10 Å². The second kappa shape index (κ2) is 8.35. The summed E-state index contributed by atoms with van der Waals surface area (Å²) in [5.41, 5.74) is 1.45. The van der Waals surface area contributed by atoms with Crippen LogP contribution in [0.4, 0.5) is 4.79 Å². The van der Waals surface area contributed by atoms with Crippen LogP contribution in [0.15, 0.2) is 34.5 Å². The fourth-order valence-electron chi connectivity index (χ4n) is 3.37. The third-order valence-corrected chi connectivity index (χ3v) is 4.71. The molecule has 2 amide bonds. The van der Waals surface area contributed by atoms with Gasteiger partial charge in [0.15, 0.2) is 0 Å². The Morgan fingerprint density at radius 1 is 1.50 bits per heavy atom. The lowest BCUT2D eigenvalue weighted by atomic mass is 10.1. The highest BCUT2D eigenvalue weighted by Gasteiger charge is 2.30. The standard InChI is InChI=1S/C18H26N2O4/c21-16(17-6-3-10-24-17)12-15-13-23-11-9-20(15)18(22)19-8-7-14-4-1-2-5-14/h3-4,6,10,15-16,21H,1-2,5,7-9,11-13H2,(H,19,22)/t15-,16+/m1/s1. The molecular formula is C18H26N2O4. The van der Waals surface area contributed by atoms with E-state index in [-0.39, 0.29) is 12.1 Å². The van der Waals surface area contributed by atoms with Crippen molar-refractivity contribution in [3.8, 4) is 0 Å². The zero-order valence-corrected chi connectivity index (χ0v) is 13.9. The zero-order valence-electron chi connectivity index (χ0n) is 13.9. The number of aliphatic hydroxyl groups excluding tert-OH is 1. The number of hydrogen-bond acceptors (Lipinski definition) is 4. The van der Waals surface area contributed by atoms with Gasteiger partial charge in [-0.3, -0.25) is 0 Å². The minimum atomic E-state index is -0.731. The molecule has 0 saturated carbocycles. The molecule has 1 aromatic rings. The molecule has 132 valence electrons. The second-order valence-corrected chi connectivity index (χ2v) is 6.43. The molecule has 2 heterocycles. The van der Waals surface area contributed by atoms with E-state index in [4.69, 9.17) is 9.15 Å². The number of hydrogen-bond donors (Lipinski definition) is 2. The van der Waals surface area contributed by atoms with Gasteiger partial charge in [0.25, 0.3) is 0 Å². The number of morpholine rings is 1. The van der Waals surface area contributed by atoms with Gasteiger partial charge in [0, 0.05) is 19.5 Å². The van der Waals surface area contributed by atoms with Crippen LogP contribution in [0.5, 0.6) is 0 Å². The topological polar surface area (TPSA) is 74.9 Å². The number of amides is 2. The van der Waals surface area contributed by atoms with E-state index in [1.54, 1.807) is 17.0 Å². The highest BCUT2D eigenvalue weighted by atomic mass is 16.5. The molecule has 0 bridgehead atoms. The number of nitrogens with zero attached hydrogens (tertiary/aromatic N) is 1. The molecular weight excluding hydrogens is 308 g/mol. The molecule has 0 aromatic carbocycles. The van der Waals surface area contributed by atoms with E-state index in [1.165, 1.54) is 24.7 Å². The Balaban J connectivity index is 1.50. The molecule has 0 radical (unpaired) electrons. The Morgan fingerprint density at radius 2 is 2.42 bits per heavy atom. The first-order valence-corrected chi connectivity index (χ1v) is 8.75. The summed E-state index contributed by atoms with van der Waals surface area (Å²) < 4.78 is 10.7. The molecule has 6 heteroatoms. The van der Waals surface area contributed by atoms with Gasteiger partial charge in [0.1, 0.15) is 11.9 Å². The largest absolute Gasteiger partial charge is 0.467 e. The van der Waals surface area contributed by atoms with E-state index in [1.807, 2.05) is 0 Å². The van der Waals surface area contributed by atoms with Crippen LogP contribution < -0.4 is 5.32 Å². The third-order valence-electron chi connectivity index (χ3n) is 4.71. The van der Waals surface area contributed by atoms with Gasteiger partial charge in [-0.05, 0) is 37.8 Å². The minimum absolute atomic E-state index is 0.0754. The Labute approximate surface area is 142 Å². The van der Waals surface area contributed by atoms with Crippen LogP contribution in [-0.4, -0.2) is 48.4 Å². The van der Waals surface area contributed by atoms with Crippen molar-refractivity contribution in [1.82, 2.24) is 10.2 Å². The van der Waals surface area contributed by atoms with Crippen LogP contribution in [0.1, 0.15) is 44.0 Å². The Kier molecular flexibility index (Phi) is 5.93. The van der Waals surface area contributed by atoms with Crippen molar-refractivity contribution >= 4 is 6.03 Å². The van der Waals surface area contributed by atoms with E-state index in [9.17, 15) is 9.90 Å². The maximum Gasteiger partial charge on any atom is 0.317 e. The molecule has 0 spiro atoms. The lowest BCUT2D eigenvalue weighted by Crippen LogP contribution is -2.53. The van der Waals surface area contributed by atoms with Crippen LogP contribution in [-0.2, 0) is 4.74 Å². The molecule has 24 heavy (non-hydrogen) atoms. The number of furan rings is 1. The van der Waals surface area contributed by atoms with Crippen LogP contribution in [0.3, 0.4) is 0 Å². The Hall–Kier alpha value is -1.79. The maximum atomic E-state index is 12.5. The summed E-state index contributed by atoms with van der Waals surface area (Å²) in [6, 6.07) is 3.27. The number of carbonyl (C=O) groups excluding carboxylic acids is 1. The van der Waals surface area contributed by atoms with Crippen molar-refractivity contribution in [3.63, 3.8) is 0 Å². The van der Waals surface area contributed by atoms with Crippen LogP contribution in [0.25, 0.3) is 0 Å². The molecule has 1 aliphatic carbocycles. The Morgan fingerprint density at radius 3 is 3.17 bits per heavy atom. The van der Waals surface area contributed by atoms with Crippen LogP contribution in [0, 0.1) is 0 Å². The summed E-state index contributed by atoms with van der Waals surface area (Å²) in [4.78, 5) is 14.3. The predicted molar refractivity (Wildman–Crippen MR) is 89.5 cm³/mol. The number of allylic oxidation sites excluding steroid dienone is 1. The highest BCUT2D eigenvalue weighted by Crippen LogP contribution is 2.23. The molecule has 0 unspecified atom stereocenters. The van der Waals surface area contributed by atoms with E-state index in [0.717, 1.165) is 12.8 Å². The van der Waals surface area contributed by atoms with Crippen molar-refractivity contribution in [2.24, 2.45) is 0 Å². The van der Waals surface area contributed by atoms with Crippen molar-refractivity contribution < 1.29 is 19.1 Å². The summed E-state index contributed by atoms with van der Waals surface area (Å²) >= 11 is 0. The first-order valence-electron chi connectivity index (χ1n) is 8.75. The third kappa shape index (κ3) is 4.39. The molecule has 2 N–H and O–H groups in total. The number of ether oxygens (including phenoxy) is 1. The normalized spacial score (nSPS) is 22.3. The van der Waals surface area contributed by atoms with Crippen molar-refractivity contribution in [3.05, 3.63) is 35.8 Å². The molecule has 1 aliphatic heterocycles. The number of nitrogens with one attached hydrogen (secondary N) is 1. The minimum Gasteiger partial charge on any atom is -0.467 e. The predicted octanol–water partition coefficient (Wildman–Crippen LogP) is 2.61. The first kappa shape index (κ1) is 17.0. The van der Waals surface area contributed by atoms with E-state index in [2.05, 4.69) is 11.4 Å². The monoisotopic (exact) mass is 334 g/mol. The quantitative estimate of drug-likeness (QED) is 0.784. The van der Waals surface area contributed by atoms with Crippen LogP contribution in [0.2, 0.25) is 0 Å². The van der Waals surface area contributed by atoms with Crippen molar-refractivity contribution in [2.75, 3.05) is 26.3 Å². The lowest BCUT2D eigenvalue weighted by Gasteiger charge is -2.36. The fourth-order valence-corrected chi connectivity index (χ4v) is 3.37. The molecule has 6 nitrogen and oxygen atoms in total. The van der Waals surface area contributed by atoms with Gasteiger partial charge >= 0.3 is 6.03 Å². The van der Waals surface area contributed by atoms with Crippen molar-refractivity contribution in [1.29, 1.82) is 0 Å². The average molecular weight is 334 g/mol. The first-order chi connectivity index (χ1) is 11.7. The van der Waals surface area contributed by atoms with Gasteiger partial charge in [-0.15, -0.1) is 0 Å². The van der Waals surface area contributed by atoms with E-state index >= 15 is 0 Å². The summed E-state index contributed by atoms with van der Waals surface area (Å²) in [6.07, 6.45) is 7.99. The zero-order chi connectivity index (χ0) is 16.8. The SMILES string of the molecule is O=C(NCCC1=CCCC1)N1CCOC[C@H]1C[C@H](O)c1ccco1. The van der Waals surface area contributed by atoms with Gasteiger partial charge in [-0.1, -0.05) is 11.6 Å². The number of rotatable bonds is 6. The summed E-state index contributed by atoms with van der Waals surface area (Å²) in [5, 5.41) is 13.3. The van der Waals surface area contributed by atoms with E-state index in [0.29, 0.717) is 38.5 Å². The lowest BCUT2D eigenvalue weighted by molar-refractivity contribution is -0.00962. The second-order valence-electron chi connectivity index (χ2n) is 6.43. The molecule has 2 aliphatic rings. The highest BCUT2D eigenvalue weighted by molar-refractivity contribution is 5.74. The molecule has 3 rings (SSSR count). The Bertz CT molecular complexity index is 555. The van der Waals surface area contributed by atoms with Crippen molar-refractivity contribution in [2.45, 2.75) is 44.2 Å². The van der Waals surface area contributed by atoms with Crippen LogP contribution >= 0.6 is 0 Å². The number of aliphatic hydroxyl groups is 1. The summed E-state index contributed by atoms with van der Waals surface area (Å²) in [5.74, 6) is 0.522. The smallest absolute Gasteiger partial charge is 0.317 e. The fraction of sp³-hybridized carbons (Fsp3) is 0.611. The maximum absolute atomic E-state index is 12.5. The summed E-state index contributed by atoms with van der Waals surface area (Å²) in [6.45, 7) is 2.18. The number of carbonyl (C=O) groups is 1. The molecule has 1 aromatic heterocycles. The molecule has 2 atom stereocenters. The molecule has 1 fully saturated rings. The number of urea groups is 1. The average Bonchev–Trinajstić information content (AvgIpc) is 3.29. The van der Waals surface area contributed by atoms with Gasteiger partial charge in [0.05, 0.1) is 25.5 Å². The van der Waals surface area contributed by atoms with Gasteiger partial charge < -0.3 is 24.5 Å². The van der Waals surface area contributed by atoms with Gasteiger partial charge in [-0.25, -0.2) is 4.79 Å². The molecule has 1 saturated heterocycles.